The van der Waals surface area contributed by atoms with Gasteiger partial charge in [-0.3, -0.25) is 0 Å². The minimum atomic E-state index is -0.0977. The summed E-state index contributed by atoms with van der Waals surface area (Å²) < 4.78 is 0. The van der Waals surface area contributed by atoms with Crippen LogP contribution in [0.3, 0.4) is 0 Å². The number of rotatable bonds is 0. The van der Waals surface area contributed by atoms with Crippen molar-refractivity contribution in [1.82, 2.24) is 15.0 Å². The Morgan fingerprint density at radius 2 is 1.00 bits per heavy atom. The molecule has 0 atom stereocenters. The molecule has 0 aliphatic carbocycles. The van der Waals surface area contributed by atoms with E-state index in [1.165, 1.54) is 18.2 Å². The second-order valence-corrected chi connectivity index (χ2v) is 5.94. The summed E-state index contributed by atoms with van der Waals surface area (Å²) in [7, 11) is 0. The van der Waals surface area contributed by atoms with E-state index in [0.29, 0.717) is 27.2 Å². The highest BCUT2D eigenvalue weighted by Gasteiger charge is 2.19. The summed E-state index contributed by atoms with van der Waals surface area (Å²) in [5.74, 6) is -0.0209. The number of nitriles is 5. The molecule has 0 amide bonds. The Morgan fingerprint density at radius 3 is 1.55 bits per heavy atom. The van der Waals surface area contributed by atoms with Gasteiger partial charge in [-0.1, -0.05) is 0 Å². The van der Waals surface area contributed by atoms with Crippen molar-refractivity contribution < 1.29 is 0 Å². The number of hydrogen-bond acceptors (Lipinski definition) is 9. The number of nitrogens with zero attached hydrogens (tertiary/aromatic N) is 8. The van der Waals surface area contributed by atoms with Crippen molar-refractivity contribution in [1.29, 1.82) is 26.3 Å². The summed E-state index contributed by atoms with van der Waals surface area (Å²) in [5.41, 5.74) is 6.73. The average Bonchev–Trinajstić information content (AvgIpc) is 2.76. The van der Waals surface area contributed by atoms with Crippen molar-refractivity contribution in [3.8, 4) is 30.3 Å². The molecule has 0 aliphatic rings. The number of benzene rings is 1. The highest BCUT2D eigenvalue weighted by molar-refractivity contribution is 6.22. The third kappa shape index (κ3) is 2.32. The smallest absolute Gasteiger partial charge is 0.159 e. The zero-order chi connectivity index (χ0) is 20.7. The van der Waals surface area contributed by atoms with E-state index in [1.807, 2.05) is 30.3 Å². The van der Waals surface area contributed by atoms with Crippen LogP contribution in [0.25, 0.3) is 32.7 Å². The van der Waals surface area contributed by atoms with Crippen LogP contribution in [0, 0.1) is 56.7 Å². The van der Waals surface area contributed by atoms with E-state index in [9.17, 15) is 26.3 Å². The molecule has 4 aromatic rings. The van der Waals surface area contributed by atoms with E-state index >= 15 is 0 Å². The van der Waals surface area contributed by atoms with Gasteiger partial charge in [0.15, 0.2) is 11.4 Å². The topological polar surface area (TPSA) is 184 Å². The summed E-state index contributed by atoms with van der Waals surface area (Å²) in [6, 6.07) is 14.0. The van der Waals surface area contributed by atoms with Gasteiger partial charge in [-0.25, -0.2) is 15.0 Å². The monoisotopic (exact) mass is 371 g/mol. The fraction of sp³-hybridized carbons (Fsp3) is 0. The van der Waals surface area contributed by atoms with Gasteiger partial charge in [-0.2, -0.15) is 26.3 Å². The lowest BCUT2D eigenvalue weighted by atomic mass is 9.99. The Balaban J connectivity index is 2.41. The van der Waals surface area contributed by atoms with E-state index in [2.05, 4.69) is 15.0 Å². The first kappa shape index (κ1) is 17.1. The molecule has 1 aromatic carbocycles. The van der Waals surface area contributed by atoms with E-state index in [-0.39, 0.29) is 39.4 Å². The number of anilines is 1. The van der Waals surface area contributed by atoms with E-state index < -0.39 is 0 Å². The molecular formula is C20H5N9. The van der Waals surface area contributed by atoms with Gasteiger partial charge in [0.2, 0.25) is 0 Å². The lowest BCUT2D eigenvalue weighted by Gasteiger charge is -2.11. The highest BCUT2D eigenvalue weighted by Crippen LogP contribution is 2.35. The zero-order valence-corrected chi connectivity index (χ0v) is 14.4. The van der Waals surface area contributed by atoms with Gasteiger partial charge in [-0.15, -0.1) is 0 Å². The number of fused-ring (bicyclic) bond motifs is 6. The molecule has 0 spiro atoms. The molecule has 9 heteroatoms. The number of nitrogen functional groups attached to an aromatic ring is 1. The Hall–Kier alpha value is -5.30. The Labute approximate surface area is 162 Å². The molecule has 0 radical (unpaired) electrons. The van der Waals surface area contributed by atoms with Gasteiger partial charge in [0.25, 0.3) is 0 Å². The van der Waals surface area contributed by atoms with Gasteiger partial charge in [0.1, 0.15) is 41.7 Å². The van der Waals surface area contributed by atoms with Crippen molar-refractivity contribution in [3.63, 3.8) is 0 Å². The maximum atomic E-state index is 9.37. The van der Waals surface area contributed by atoms with Crippen LogP contribution in [-0.2, 0) is 0 Å². The van der Waals surface area contributed by atoms with Crippen LogP contribution in [0.15, 0.2) is 18.2 Å². The molecule has 0 saturated heterocycles. The standard InChI is InChI=1S/C20H5N9/c21-4-9-1-12-13-3-11(6-23)20(26)29-18(13)19-14(17(12)27-15(9)7-24)2-10(5-22)16(8-25)28-19/h1-3H,(H2,26,29). The van der Waals surface area contributed by atoms with Crippen LogP contribution in [-0.4, -0.2) is 15.0 Å². The summed E-state index contributed by atoms with van der Waals surface area (Å²) in [6.45, 7) is 0. The molecule has 2 N–H and O–H groups in total. The largest absolute Gasteiger partial charge is 0.383 e. The average molecular weight is 371 g/mol. The molecule has 3 heterocycles. The predicted octanol–water partition coefficient (Wildman–Crippen LogP) is 2.27. The normalized spacial score (nSPS) is 10.0. The maximum absolute atomic E-state index is 9.37. The van der Waals surface area contributed by atoms with E-state index in [4.69, 9.17) is 5.73 Å². The summed E-state index contributed by atoms with van der Waals surface area (Å²) in [5, 5.41) is 48.0. The fourth-order valence-electron chi connectivity index (χ4n) is 3.14. The third-order valence-corrected chi connectivity index (χ3v) is 4.44. The van der Waals surface area contributed by atoms with Gasteiger partial charge in [-0.05, 0) is 18.2 Å². The molecule has 29 heavy (non-hydrogen) atoms. The second kappa shape index (κ2) is 6.15. The van der Waals surface area contributed by atoms with E-state index in [1.54, 1.807) is 0 Å². The molecule has 9 nitrogen and oxygen atoms in total. The van der Waals surface area contributed by atoms with Gasteiger partial charge in [0.05, 0.1) is 27.7 Å². The quantitative estimate of drug-likeness (QED) is 0.453. The summed E-state index contributed by atoms with van der Waals surface area (Å²) in [6.07, 6.45) is 0. The zero-order valence-electron chi connectivity index (χ0n) is 14.4. The molecule has 130 valence electrons. The summed E-state index contributed by atoms with van der Waals surface area (Å²) in [4.78, 5) is 12.8. The van der Waals surface area contributed by atoms with Crippen LogP contribution in [0.2, 0.25) is 0 Å². The molecule has 3 aromatic heterocycles. The lowest BCUT2D eigenvalue weighted by molar-refractivity contribution is 1.28. The summed E-state index contributed by atoms with van der Waals surface area (Å²) >= 11 is 0. The number of nitrogens with two attached hydrogens (primary N) is 1. The van der Waals surface area contributed by atoms with Crippen LogP contribution < -0.4 is 5.73 Å². The van der Waals surface area contributed by atoms with Crippen LogP contribution in [0.4, 0.5) is 5.82 Å². The van der Waals surface area contributed by atoms with Gasteiger partial charge >= 0.3 is 0 Å². The molecule has 0 aliphatic heterocycles. The number of pyridine rings is 3. The number of hydrogen-bond donors (Lipinski definition) is 1. The minimum absolute atomic E-state index is 0.0209. The Kier molecular flexibility index (Phi) is 3.63. The third-order valence-electron chi connectivity index (χ3n) is 4.44. The predicted molar refractivity (Wildman–Crippen MR) is 100 cm³/mol. The SMILES string of the molecule is N#Cc1cc2c3cc(C#N)c(C#N)nc3c3cc(C#N)c(C#N)nc3c2nc1N. The van der Waals surface area contributed by atoms with Gasteiger partial charge < -0.3 is 5.73 Å². The van der Waals surface area contributed by atoms with Crippen molar-refractivity contribution in [3.05, 3.63) is 46.3 Å². The molecule has 0 unspecified atom stereocenters. The van der Waals surface area contributed by atoms with Gasteiger partial charge in [0, 0.05) is 16.2 Å². The first-order valence-electron chi connectivity index (χ1n) is 7.98. The van der Waals surface area contributed by atoms with Crippen molar-refractivity contribution in [2.24, 2.45) is 0 Å². The van der Waals surface area contributed by atoms with Crippen molar-refractivity contribution in [2.75, 3.05) is 5.73 Å². The molecule has 0 fully saturated rings. The van der Waals surface area contributed by atoms with Crippen LogP contribution >= 0.6 is 0 Å². The maximum Gasteiger partial charge on any atom is 0.159 e. The molecular weight excluding hydrogens is 366 g/mol. The van der Waals surface area contributed by atoms with Crippen molar-refractivity contribution >= 4 is 38.5 Å². The van der Waals surface area contributed by atoms with Crippen LogP contribution in [0.5, 0.6) is 0 Å². The Bertz CT molecular complexity index is 1560. The Morgan fingerprint density at radius 1 is 0.552 bits per heavy atom. The lowest BCUT2D eigenvalue weighted by Crippen LogP contribution is -2.01. The second-order valence-electron chi connectivity index (χ2n) is 5.94. The first-order valence-corrected chi connectivity index (χ1v) is 7.98. The first-order chi connectivity index (χ1) is 14.1. The minimum Gasteiger partial charge on any atom is -0.383 e. The van der Waals surface area contributed by atoms with E-state index in [0.717, 1.165) is 0 Å². The highest BCUT2D eigenvalue weighted by atomic mass is 14.9. The fourth-order valence-corrected chi connectivity index (χ4v) is 3.14. The number of aromatic nitrogens is 3. The van der Waals surface area contributed by atoms with Crippen molar-refractivity contribution in [2.45, 2.75) is 0 Å². The van der Waals surface area contributed by atoms with Crippen LogP contribution in [0.1, 0.15) is 28.1 Å². The molecule has 0 saturated carbocycles. The molecule has 4 rings (SSSR count). The molecule has 0 bridgehead atoms.